The molecule has 0 saturated carbocycles. The van der Waals surface area contributed by atoms with Gasteiger partial charge in [-0.15, -0.1) is 0 Å². The highest BCUT2D eigenvalue weighted by Crippen LogP contribution is 2.26. The largest absolute Gasteiger partial charge is 0.377 e. The normalized spacial score (nSPS) is 10.8. The zero-order valence-electron chi connectivity index (χ0n) is 18.5. The van der Waals surface area contributed by atoms with Crippen molar-refractivity contribution in [1.82, 2.24) is 4.90 Å². The predicted octanol–water partition coefficient (Wildman–Crippen LogP) is 4.82. The topological polar surface area (TPSA) is 52.7 Å². The highest BCUT2D eigenvalue weighted by Gasteiger charge is 2.17. The average molecular weight is 414 g/mol. The van der Waals surface area contributed by atoms with E-state index in [-0.39, 0.29) is 23.5 Å². The number of nitrogens with zero attached hydrogens (tertiary/aromatic N) is 2. The van der Waals surface area contributed by atoms with Crippen molar-refractivity contribution in [3.05, 3.63) is 59.4 Å². The van der Waals surface area contributed by atoms with Crippen molar-refractivity contribution in [3.63, 3.8) is 0 Å². The van der Waals surface area contributed by atoms with Gasteiger partial charge in [-0.25, -0.2) is 4.39 Å². The maximum absolute atomic E-state index is 13.2. The molecule has 0 fully saturated rings. The van der Waals surface area contributed by atoms with Crippen molar-refractivity contribution in [1.29, 1.82) is 0 Å². The lowest BCUT2D eigenvalue weighted by atomic mass is 10.1. The molecule has 1 N–H and O–H groups in total. The second-order valence-corrected chi connectivity index (χ2v) is 8.11. The van der Waals surface area contributed by atoms with Crippen molar-refractivity contribution in [3.8, 4) is 0 Å². The Labute approximate surface area is 178 Å². The van der Waals surface area contributed by atoms with E-state index in [1.54, 1.807) is 17.0 Å². The SMILES string of the molecule is CCC(=O)N(Cc1ccc(F)cc1)Cc1cc(NC(=O)CC(C)C)ccc1N(C)C. The zero-order valence-corrected chi connectivity index (χ0v) is 18.5. The van der Waals surface area contributed by atoms with Crippen LogP contribution in [-0.2, 0) is 22.7 Å². The van der Waals surface area contributed by atoms with Gasteiger partial charge in [0.15, 0.2) is 0 Å². The van der Waals surface area contributed by atoms with Crippen LogP contribution in [0.1, 0.15) is 44.7 Å². The molecular formula is C24H32FN3O2. The molecule has 0 saturated heterocycles. The van der Waals surface area contributed by atoms with E-state index in [1.807, 2.05) is 58.0 Å². The third-order valence-corrected chi connectivity index (χ3v) is 4.74. The van der Waals surface area contributed by atoms with Crippen LogP contribution >= 0.6 is 0 Å². The summed E-state index contributed by atoms with van der Waals surface area (Å²) in [6.45, 7) is 6.62. The first-order valence-electron chi connectivity index (χ1n) is 10.3. The van der Waals surface area contributed by atoms with Crippen LogP contribution in [0.3, 0.4) is 0 Å². The fourth-order valence-corrected chi connectivity index (χ4v) is 3.28. The van der Waals surface area contributed by atoms with E-state index in [2.05, 4.69) is 5.32 Å². The van der Waals surface area contributed by atoms with E-state index in [0.29, 0.717) is 31.6 Å². The van der Waals surface area contributed by atoms with Gasteiger partial charge in [0.1, 0.15) is 5.82 Å². The summed E-state index contributed by atoms with van der Waals surface area (Å²) in [7, 11) is 3.89. The third kappa shape index (κ3) is 6.87. The second-order valence-electron chi connectivity index (χ2n) is 8.11. The molecule has 0 unspecified atom stereocenters. The highest BCUT2D eigenvalue weighted by atomic mass is 19.1. The number of anilines is 2. The minimum atomic E-state index is -0.299. The average Bonchev–Trinajstić information content (AvgIpc) is 2.67. The summed E-state index contributed by atoms with van der Waals surface area (Å²) in [6, 6.07) is 11.9. The first-order valence-corrected chi connectivity index (χ1v) is 10.3. The van der Waals surface area contributed by atoms with E-state index in [1.165, 1.54) is 12.1 Å². The number of halogens is 1. The molecule has 0 radical (unpaired) electrons. The fourth-order valence-electron chi connectivity index (χ4n) is 3.28. The Morgan fingerprint density at radius 3 is 2.27 bits per heavy atom. The molecular weight excluding hydrogens is 381 g/mol. The molecule has 0 bridgehead atoms. The minimum Gasteiger partial charge on any atom is -0.377 e. The second kappa shape index (κ2) is 10.8. The standard InChI is InChI=1S/C24H32FN3O2/c1-6-24(30)28(15-18-7-9-20(25)10-8-18)16-19-14-21(11-12-22(19)27(4)5)26-23(29)13-17(2)3/h7-12,14,17H,6,13,15-16H2,1-5H3,(H,26,29). The number of benzene rings is 2. The van der Waals surface area contributed by atoms with Gasteiger partial charge in [0.2, 0.25) is 11.8 Å². The molecule has 5 nitrogen and oxygen atoms in total. The number of carbonyl (C=O) groups is 2. The van der Waals surface area contributed by atoms with Crippen molar-refractivity contribution >= 4 is 23.2 Å². The van der Waals surface area contributed by atoms with Crippen LogP contribution in [-0.4, -0.2) is 30.8 Å². The third-order valence-electron chi connectivity index (χ3n) is 4.74. The molecule has 30 heavy (non-hydrogen) atoms. The molecule has 0 aliphatic carbocycles. The van der Waals surface area contributed by atoms with Crippen LogP contribution in [0.15, 0.2) is 42.5 Å². The predicted molar refractivity (Wildman–Crippen MR) is 120 cm³/mol. The van der Waals surface area contributed by atoms with Gasteiger partial charge < -0.3 is 15.1 Å². The first-order chi connectivity index (χ1) is 14.2. The van der Waals surface area contributed by atoms with Crippen molar-refractivity contribution in [2.75, 3.05) is 24.3 Å². The number of nitrogens with one attached hydrogen (secondary N) is 1. The van der Waals surface area contributed by atoms with Gasteiger partial charge in [-0.1, -0.05) is 32.9 Å². The van der Waals surface area contributed by atoms with E-state index >= 15 is 0 Å². The minimum absolute atomic E-state index is 0.0123. The van der Waals surface area contributed by atoms with Gasteiger partial charge in [0, 0.05) is 51.4 Å². The molecule has 6 heteroatoms. The molecule has 0 spiro atoms. The van der Waals surface area contributed by atoms with Crippen LogP contribution in [0.5, 0.6) is 0 Å². The van der Waals surface area contributed by atoms with Crippen molar-refractivity contribution in [2.24, 2.45) is 5.92 Å². The van der Waals surface area contributed by atoms with Crippen LogP contribution in [0, 0.1) is 11.7 Å². The molecule has 2 amide bonds. The summed E-state index contributed by atoms with van der Waals surface area (Å²) >= 11 is 0. The maximum Gasteiger partial charge on any atom is 0.224 e. The van der Waals surface area contributed by atoms with Gasteiger partial charge >= 0.3 is 0 Å². The van der Waals surface area contributed by atoms with Gasteiger partial charge in [-0.3, -0.25) is 9.59 Å². The molecule has 0 aliphatic heterocycles. The Balaban J connectivity index is 2.29. The number of hydrogen-bond donors (Lipinski definition) is 1. The lowest BCUT2D eigenvalue weighted by Crippen LogP contribution is -2.30. The number of hydrogen-bond acceptors (Lipinski definition) is 3. The van der Waals surface area contributed by atoms with E-state index in [9.17, 15) is 14.0 Å². The highest BCUT2D eigenvalue weighted by molar-refractivity contribution is 5.91. The first kappa shape index (κ1) is 23.4. The lowest BCUT2D eigenvalue weighted by molar-refractivity contribution is -0.132. The Morgan fingerprint density at radius 1 is 1.03 bits per heavy atom. The van der Waals surface area contributed by atoms with Crippen LogP contribution in [0.2, 0.25) is 0 Å². The molecule has 0 aromatic heterocycles. The Bertz CT molecular complexity index is 863. The number of amides is 2. The van der Waals surface area contributed by atoms with E-state index in [0.717, 1.165) is 16.8 Å². The van der Waals surface area contributed by atoms with E-state index in [4.69, 9.17) is 0 Å². The van der Waals surface area contributed by atoms with Crippen molar-refractivity contribution in [2.45, 2.75) is 46.7 Å². The number of carbonyl (C=O) groups excluding carboxylic acids is 2. The summed E-state index contributed by atoms with van der Waals surface area (Å²) in [6.07, 6.45) is 0.832. The monoisotopic (exact) mass is 413 g/mol. The summed E-state index contributed by atoms with van der Waals surface area (Å²) in [5.41, 5.74) is 3.49. The van der Waals surface area contributed by atoms with E-state index < -0.39 is 0 Å². The molecule has 2 rings (SSSR count). The molecule has 0 atom stereocenters. The summed E-state index contributed by atoms with van der Waals surface area (Å²) in [5, 5.41) is 2.95. The summed E-state index contributed by atoms with van der Waals surface area (Å²) in [4.78, 5) is 28.5. The zero-order chi connectivity index (χ0) is 22.3. The quantitative estimate of drug-likeness (QED) is 0.642. The fraction of sp³-hybridized carbons (Fsp3) is 0.417. The van der Waals surface area contributed by atoms with Gasteiger partial charge in [0.25, 0.3) is 0 Å². The molecule has 0 aliphatic rings. The molecule has 0 heterocycles. The summed E-state index contributed by atoms with van der Waals surface area (Å²) in [5.74, 6) is -0.0367. The number of rotatable bonds is 9. The van der Waals surface area contributed by atoms with Crippen LogP contribution < -0.4 is 10.2 Å². The Hall–Kier alpha value is -2.89. The van der Waals surface area contributed by atoms with Crippen LogP contribution in [0.4, 0.5) is 15.8 Å². The van der Waals surface area contributed by atoms with Gasteiger partial charge in [-0.2, -0.15) is 0 Å². The van der Waals surface area contributed by atoms with Crippen molar-refractivity contribution < 1.29 is 14.0 Å². The Kier molecular flexibility index (Phi) is 8.39. The molecule has 162 valence electrons. The summed E-state index contributed by atoms with van der Waals surface area (Å²) < 4.78 is 13.2. The Morgan fingerprint density at radius 2 is 1.70 bits per heavy atom. The molecule has 2 aromatic carbocycles. The van der Waals surface area contributed by atoms with Gasteiger partial charge in [-0.05, 0) is 47.4 Å². The molecule has 2 aromatic rings. The maximum atomic E-state index is 13.2. The lowest BCUT2D eigenvalue weighted by Gasteiger charge is -2.26. The van der Waals surface area contributed by atoms with Crippen LogP contribution in [0.25, 0.3) is 0 Å². The smallest absolute Gasteiger partial charge is 0.224 e. The van der Waals surface area contributed by atoms with Gasteiger partial charge in [0.05, 0.1) is 0 Å².